The molecule has 21 heavy (non-hydrogen) atoms. The lowest BCUT2D eigenvalue weighted by Crippen LogP contribution is -2.40. The molecule has 0 fully saturated rings. The smallest absolute Gasteiger partial charge is 0.422 e. The van der Waals surface area contributed by atoms with E-state index >= 15 is 0 Å². The first-order chi connectivity index (χ1) is 9.49. The number of nitrogens with one attached hydrogen (secondary N) is 1. The fourth-order valence-corrected chi connectivity index (χ4v) is 2.11. The lowest BCUT2D eigenvalue weighted by atomic mass is 10.2. The minimum Gasteiger partial charge on any atom is -0.598 e. The van der Waals surface area contributed by atoms with Crippen LogP contribution in [0.1, 0.15) is 39.3 Å². The molecule has 1 rings (SSSR count). The van der Waals surface area contributed by atoms with Crippen LogP contribution in [0.2, 0.25) is 0 Å². The van der Waals surface area contributed by atoms with Crippen LogP contribution in [0.25, 0.3) is 0 Å². The van der Waals surface area contributed by atoms with E-state index in [4.69, 9.17) is 0 Å². The minimum atomic E-state index is -4.39. The van der Waals surface area contributed by atoms with Crippen molar-refractivity contribution >= 4 is 11.4 Å². The van der Waals surface area contributed by atoms with E-state index in [-0.39, 0.29) is 11.9 Å². The summed E-state index contributed by atoms with van der Waals surface area (Å²) in [6.45, 7) is 5.96. The van der Waals surface area contributed by atoms with Crippen LogP contribution in [0.4, 0.5) is 13.2 Å². The first-order valence-electron chi connectivity index (χ1n) is 6.32. The molecule has 0 aliphatic heterocycles. The Balaban J connectivity index is 2.61. The van der Waals surface area contributed by atoms with Gasteiger partial charge in [0.1, 0.15) is 4.75 Å². The summed E-state index contributed by atoms with van der Waals surface area (Å²) in [7, 11) is 0. The summed E-state index contributed by atoms with van der Waals surface area (Å²) in [5.41, 5.74) is 0.715. The Bertz CT molecular complexity index is 446. The summed E-state index contributed by atoms with van der Waals surface area (Å²) in [6.07, 6.45) is -2.98. The molecule has 1 heterocycles. The second kappa shape index (κ2) is 6.85. The number of rotatable bonds is 5. The van der Waals surface area contributed by atoms with Gasteiger partial charge in [-0.3, -0.25) is 0 Å². The molecule has 1 N–H and O–H groups in total. The molecule has 0 spiro atoms. The van der Waals surface area contributed by atoms with E-state index in [1.807, 2.05) is 20.8 Å². The van der Waals surface area contributed by atoms with Gasteiger partial charge < -0.3 is 9.29 Å². The Labute approximate surface area is 125 Å². The number of ether oxygens (including phenoxy) is 1. The molecule has 0 bridgehead atoms. The molecule has 0 saturated carbocycles. The van der Waals surface area contributed by atoms with Crippen LogP contribution in [-0.4, -0.2) is 27.1 Å². The third-order valence-electron chi connectivity index (χ3n) is 2.48. The molecular formula is C13H19F3N2O2S. The summed E-state index contributed by atoms with van der Waals surface area (Å²) in [5, 5.41) is 0. The highest BCUT2D eigenvalue weighted by atomic mass is 32.2. The van der Waals surface area contributed by atoms with Crippen LogP contribution in [0, 0.1) is 0 Å². The Kier molecular flexibility index (Phi) is 5.89. The number of hydrogen-bond donors (Lipinski definition) is 1. The fourth-order valence-electron chi connectivity index (χ4n) is 1.29. The molecule has 0 aliphatic carbocycles. The monoisotopic (exact) mass is 324 g/mol. The van der Waals surface area contributed by atoms with Crippen molar-refractivity contribution in [1.29, 1.82) is 0 Å². The molecule has 2 unspecified atom stereocenters. The molecule has 0 amide bonds. The summed E-state index contributed by atoms with van der Waals surface area (Å²) < 4.78 is 55.0. The van der Waals surface area contributed by atoms with Gasteiger partial charge in [0.2, 0.25) is 5.88 Å². The minimum absolute atomic E-state index is 0.0970. The first-order valence-corrected chi connectivity index (χ1v) is 7.47. The van der Waals surface area contributed by atoms with Crippen LogP contribution < -0.4 is 9.46 Å². The van der Waals surface area contributed by atoms with Crippen molar-refractivity contribution in [3.05, 3.63) is 23.9 Å². The van der Waals surface area contributed by atoms with E-state index in [2.05, 4.69) is 14.4 Å². The molecule has 1 aromatic rings. The predicted molar refractivity (Wildman–Crippen MR) is 75.2 cm³/mol. The van der Waals surface area contributed by atoms with Crippen molar-refractivity contribution in [1.82, 2.24) is 9.71 Å². The van der Waals surface area contributed by atoms with Crippen molar-refractivity contribution in [2.45, 2.75) is 44.7 Å². The van der Waals surface area contributed by atoms with Crippen LogP contribution in [0.5, 0.6) is 5.88 Å². The van der Waals surface area contributed by atoms with Crippen LogP contribution in [-0.2, 0) is 11.4 Å². The Morgan fingerprint density at radius 2 is 1.95 bits per heavy atom. The maximum absolute atomic E-state index is 12.0. The van der Waals surface area contributed by atoms with Gasteiger partial charge in [-0.1, -0.05) is 6.07 Å². The Morgan fingerprint density at radius 3 is 2.38 bits per heavy atom. The quantitative estimate of drug-likeness (QED) is 0.846. The highest BCUT2D eigenvalue weighted by Gasteiger charge is 2.29. The molecule has 4 nitrogen and oxygen atoms in total. The van der Waals surface area contributed by atoms with Gasteiger partial charge in [0.05, 0.1) is 6.04 Å². The Hall–Kier alpha value is -0.990. The number of hydrogen-bond acceptors (Lipinski definition) is 4. The van der Waals surface area contributed by atoms with Crippen molar-refractivity contribution in [3.8, 4) is 5.88 Å². The molecule has 8 heteroatoms. The van der Waals surface area contributed by atoms with E-state index in [0.29, 0.717) is 5.56 Å². The summed E-state index contributed by atoms with van der Waals surface area (Å²) in [4.78, 5) is 3.81. The summed E-state index contributed by atoms with van der Waals surface area (Å²) >= 11 is -1.25. The van der Waals surface area contributed by atoms with Crippen LogP contribution >= 0.6 is 0 Å². The lowest BCUT2D eigenvalue weighted by Gasteiger charge is -2.26. The number of aromatic nitrogens is 1. The van der Waals surface area contributed by atoms with E-state index in [1.165, 1.54) is 12.3 Å². The molecule has 120 valence electrons. The van der Waals surface area contributed by atoms with Gasteiger partial charge in [0, 0.05) is 23.6 Å². The largest absolute Gasteiger partial charge is 0.598 e. The van der Waals surface area contributed by atoms with E-state index in [1.54, 1.807) is 13.0 Å². The number of halogens is 3. The van der Waals surface area contributed by atoms with Gasteiger partial charge in [-0.05, 0) is 33.3 Å². The predicted octanol–water partition coefficient (Wildman–Crippen LogP) is 3.14. The highest BCUT2D eigenvalue weighted by molar-refractivity contribution is 7.90. The van der Waals surface area contributed by atoms with Crippen LogP contribution in [0.3, 0.4) is 0 Å². The topological polar surface area (TPSA) is 57.2 Å². The van der Waals surface area contributed by atoms with Crippen molar-refractivity contribution in [2.75, 3.05) is 6.61 Å². The molecule has 2 atom stereocenters. The second-order valence-corrected chi connectivity index (χ2v) is 7.55. The average Bonchev–Trinajstić information content (AvgIpc) is 2.35. The average molecular weight is 324 g/mol. The zero-order valence-corrected chi connectivity index (χ0v) is 13.1. The van der Waals surface area contributed by atoms with Crippen molar-refractivity contribution in [2.24, 2.45) is 0 Å². The number of pyridine rings is 1. The van der Waals surface area contributed by atoms with Crippen molar-refractivity contribution < 1.29 is 22.5 Å². The van der Waals surface area contributed by atoms with Gasteiger partial charge >= 0.3 is 6.18 Å². The standard InChI is InChI=1S/C13H19F3N2O2S/c1-9(18-21(19)12(2,3)4)10-5-6-11(17-7-10)20-8-13(14,15)16/h5-7,9,18H,8H2,1-4H3. The lowest BCUT2D eigenvalue weighted by molar-refractivity contribution is -0.154. The van der Waals surface area contributed by atoms with Gasteiger partial charge in [-0.25, -0.2) is 4.98 Å². The summed E-state index contributed by atoms with van der Waals surface area (Å²) in [6, 6.07) is 2.71. The molecule has 0 radical (unpaired) electrons. The highest BCUT2D eigenvalue weighted by Crippen LogP contribution is 2.21. The van der Waals surface area contributed by atoms with E-state index in [0.717, 1.165) is 0 Å². The van der Waals surface area contributed by atoms with Gasteiger partial charge in [-0.15, -0.1) is 4.72 Å². The van der Waals surface area contributed by atoms with E-state index < -0.39 is 28.9 Å². The number of alkyl halides is 3. The zero-order valence-electron chi connectivity index (χ0n) is 12.3. The molecular weight excluding hydrogens is 305 g/mol. The second-order valence-electron chi connectivity index (χ2n) is 5.55. The molecule has 0 saturated heterocycles. The SMILES string of the molecule is CC(N[S+]([O-])C(C)(C)C)c1ccc(OCC(F)(F)F)nc1. The van der Waals surface area contributed by atoms with Crippen LogP contribution in [0.15, 0.2) is 18.3 Å². The van der Waals surface area contributed by atoms with E-state index in [9.17, 15) is 17.7 Å². The first kappa shape index (κ1) is 18.1. The summed E-state index contributed by atoms with van der Waals surface area (Å²) in [5.74, 6) is -0.0970. The Morgan fingerprint density at radius 1 is 1.33 bits per heavy atom. The van der Waals surface area contributed by atoms with Crippen molar-refractivity contribution in [3.63, 3.8) is 0 Å². The molecule has 1 aromatic heterocycles. The molecule has 0 aliphatic rings. The third kappa shape index (κ3) is 6.54. The maximum Gasteiger partial charge on any atom is 0.422 e. The maximum atomic E-state index is 12.0. The normalized spacial score (nSPS) is 15.6. The van der Waals surface area contributed by atoms with Gasteiger partial charge in [-0.2, -0.15) is 13.2 Å². The fraction of sp³-hybridized carbons (Fsp3) is 0.615. The zero-order chi connectivity index (χ0) is 16.3. The third-order valence-corrected chi connectivity index (χ3v) is 4.16. The molecule has 0 aromatic carbocycles. The van der Waals surface area contributed by atoms with Gasteiger partial charge in [0.25, 0.3) is 0 Å². The number of nitrogens with zero attached hydrogens (tertiary/aromatic N) is 1. The van der Waals surface area contributed by atoms with Gasteiger partial charge in [0.15, 0.2) is 6.61 Å².